The van der Waals surface area contributed by atoms with Crippen LogP contribution >= 0.6 is 28.3 Å². The molecular weight excluding hydrogens is 309 g/mol. The highest BCUT2D eigenvalue weighted by atomic mass is 79.9. The van der Waals surface area contributed by atoms with E-state index in [0.717, 1.165) is 34.7 Å². The first-order chi connectivity index (χ1) is 7.84. The molecule has 0 unspecified atom stereocenters. The summed E-state index contributed by atoms with van der Waals surface area (Å²) in [6.07, 6.45) is 0. The van der Waals surface area contributed by atoms with Crippen molar-refractivity contribution in [3.05, 3.63) is 22.2 Å². The summed E-state index contributed by atoms with van der Waals surface area (Å²) in [5.74, 6) is 1.61. The number of halogens is 2. The molecule has 1 atom stereocenters. The van der Waals surface area contributed by atoms with Gasteiger partial charge in [0.2, 0.25) is 6.79 Å². The zero-order valence-corrected chi connectivity index (χ0v) is 11.5. The van der Waals surface area contributed by atoms with Gasteiger partial charge in [-0.1, -0.05) is 15.9 Å². The zero-order chi connectivity index (χ0) is 11.0. The molecule has 1 aromatic carbocycles. The van der Waals surface area contributed by atoms with Crippen molar-refractivity contribution in [2.75, 3.05) is 26.6 Å². The molecule has 1 saturated heterocycles. The molecule has 4 nitrogen and oxygen atoms in total. The predicted octanol–water partition coefficient (Wildman–Crippen LogP) is 2.26. The van der Waals surface area contributed by atoms with Crippen molar-refractivity contribution in [1.82, 2.24) is 5.32 Å². The van der Waals surface area contributed by atoms with Crippen molar-refractivity contribution >= 4 is 28.3 Å². The lowest BCUT2D eigenvalue weighted by Crippen LogP contribution is -2.34. The number of benzene rings is 1. The van der Waals surface area contributed by atoms with Crippen LogP contribution in [0.4, 0.5) is 0 Å². The van der Waals surface area contributed by atoms with Crippen LogP contribution in [0.25, 0.3) is 0 Å². The third kappa shape index (κ3) is 2.52. The average molecular weight is 323 g/mol. The summed E-state index contributed by atoms with van der Waals surface area (Å²) in [7, 11) is 0. The molecule has 0 radical (unpaired) electrons. The number of fused-ring (bicyclic) bond motifs is 1. The monoisotopic (exact) mass is 321 g/mol. The normalized spacial score (nSPS) is 22.1. The third-order valence-electron chi connectivity index (χ3n) is 2.79. The lowest BCUT2D eigenvalue weighted by molar-refractivity contribution is 0.0766. The van der Waals surface area contributed by atoms with E-state index in [-0.39, 0.29) is 18.4 Å². The summed E-state index contributed by atoms with van der Waals surface area (Å²) in [5, 5.41) is 3.42. The summed E-state index contributed by atoms with van der Waals surface area (Å²) < 4.78 is 17.2. The Labute approximate surface area is 114 Å². The van der Waals surface area contributed by atoms with Crippen LogP contribution in [0.1, 0.15) is 11.6 Å². The van der Waals surface area contributed by atoms with Gasteiger partial charge in [-0.25, -0.2) is 0 Å². The maximum absolute atomic E-state index is 5.46. The Kier molecular flexibility index (Phi) is 4.14. The SMILES string of the molecule is Brc1cc2c(cc1[C@H]1COCCN1)OCO2.Cl. The molecule has 0 bridgehead atoms. The van der Waals surface area contributed by atoms with Crippen LogP contribution in [0.2, 0.25) is 0 Å². The zero-order valence-electron chi connectivity index (χ0n) is 9.07. The fourth-order valence-electron chi connectivity index (χ4n) is 1.97. The van der Waals surface area contributed by atoms with E-state index in [9.17, 15) is 0 Å². The van der Waals surface area contributed by atoms with E-state index in [4.69, 9.17) is 14.2 Å². The van der Waals surface area contributed by atoms with Gasteiger partial charge in [0.15, 0.2) is 11.5 Å². The molecule has 0 spiro atoms. The summed E-state index contributed by atoms with van der Waals surface area (Å²) in [6.45, 7) is 2.66. The molecule has 0 saturated carbocycles. The molecule has 0 aliphatic carbocycles. The number of morpholine rings is 1. The highest BCUT2D eigenvalue weighted by molar-refractivity contribution is 9.10. The van der Waals surface area contributed by atoms with Gasteiger partial charge in [0, 0.05) is 11.0 Å². The van der Waals surface area contributed by atoms with E-state index < -0.39 is 0 Å². The van der Waals surface area contributed by atoms with Gasteiger partial charge in [0.25, 0.3) is 0 Å². The van der Waals surface area contributed by atoms with E-state index in [2.05, 4.69) is 21.2 Å². The number of rotatable bonds is 1. The molecule has 1 fully saturated rings. The van der Waals surface area contributed by atoms with Crippen molar-refractivity contribution in [2.45, 2.75) is 6.04 Å². The maximum atomic E-state index is 5.46. The largest absolute Gasteiger partial charge is 0.454 e. The minimum Gasteiger partial charge on any atom is -0.454 e. The lowest BCUT2D eigenvalue weighted by Gasteiger charge is -2.25. The highest BCUT2D eigenvalue weighted by Gasteiger charge is 2.22. The highest BCUT2D eigenvalue weighted by Crippen LogP contribution is 2.39. The molecule has 3 rings (SSSR count). The molecule has 2 aliphatic rings. The molecule has 2 heterocycles. The van der Waals surface area contributed by atoms with E-state index in [0.29, 0.717) is 13.4 Å². The molecule has 1 aromatic rings. The van der Waals surface area contributed by atoms with E-state index in [1.807, 2.05) is 12.1 Å². The Bertz CT molecular complexity index is 410. The van der Waals surface area contributed by atoms with Gasteiger partial charge in [-0.05, 0) is 17.7 Å². The van der Waals surface area contributed by atoms with Gasteiger partial charge in [-0.3, -0.25) is 0 Å². The van der Waals surface area contributed by atoms with Crippen molar-refractivity contribution in [2.24, 2.45) is 0 Å². The van der Waals surface area contributed by atoms with Crippen LogP contribution in [0.5, 0.6) is 11.5 Å². The fourth-order valence-corrected chi connectivity index (χ4v) is 2.56. The van der Waals surface area contributed by atoms with Crippen LogP contribution in [0.3, 0.4) is 0 Å². The summed E-state index contributed by atoms with van der Waals surface area (Å²) >= 11 is 3.55. The minimum atomic E-state index is 0. The van der Waals surface area contributed by atoms with Gasteiger partial charge in [-0.15, -0.1) is 12.4 Å². The van der Waals surface area contributed by atoms with Gasteiger partial charge in [-0.2, -0.15) is 0 Å². The summed E-state index contributed by atoms with van der Waals surface area (Å²) in [5.41, 5.74) is 1.16. The Balaban J connectivity index is 0.00000108. The molecule has 94 valence electrons. The number of nitrogens with one attached hydrogen (secondary N) is 1. The second kappa shape index (κ2) is 5.44. The molecule has 0 aromatic heterocycles. The Hall–Kier alpha value is -0.490. The second-order valence-corrected chi connectivity index (χ2v) is 4.66. The first-order valence-corrected chi connectivity index (χ1v) is 6.04. The average Bonchev–Trinajstić information content (AvgIpc) is 2.76. The van der Waals surface area contributed by atoms with Crippen LogP contribution in [0.15, 0.2) is 16.6 Å². The predicted molar refractivity (Wildman–Crippen MR) is 69.1 cm³/mol. The quantitative estimate of drug-likeness (QED) is 0.861. The summed E-state index contributed by atoms with van der Waals surface area (Å²) in [6, 6.07) is 4.19. The maximum Gasteiger partial charge on any atom is 0.231 e. The first-order valence-electron chi connectivity index (χ1n) is 5.25. The van der Waals surface area contributed by atoms with E-state index in [1.54, 1.807) is 0 Å². The standard InChI is InChI=1S/C11H12BrNO3.ClH/c12-8-4-11-10(15-6-16-11)3-7(8)9-5-14-2-1-13-9;/h3-4,9,13H,1-2,5-6H2;1H/t9-;/m1./s1. The second-order valence-electron chi connectivity index (χ2n) is 3.81. The Morgan fingerprint density at radius 1 is 1.24 bits per heavy atom. The topological polar surface area (TPSA) is 39.7 Å². The van der Waals surface area contributed by atoms with Crippen LogP contribution in [-0.4, -0.2) is 26.6 Å². The number of hydrogen-bond acceptors (Lipinski definition) is 4. The van der Waals surface area contributed by atoms with E-state index >= 15 is 0 Å². The lowest BCUT2D eigenvalue weighted by atomic mass is 10.1. The molecule has 0 amide bonds. The van der Waals surface area contributed by atoms with Crippen LogP contribution in [-0.2, 0) is 4.74 Å². The minimum absolute atomic E-state index is 0. The Morgan fingerprint density at radius 2 is 2.00 bits per heavy atom. The third-order valence-corrected chi connectivity index (χ3v) is 3.48. The van der Waals surface area contributed by atoms with Crippen molar-refractivity contribution < 1.29 is 14.2 Å². The first kappa shape index (κ1) is 13.0. The van der Waals surface area contributed by atoms with Crippen molar-refractivity contribution in [3.63, 3.8) is 0 Å². The van der Waals surface area contributed by atoms with E-state index in [1.165, 1.54) is 0 Å². The smallest absolute Gasteiger partial charge is 0.231 e. The van der Waals surface area contributed by atoms with Gasteiger partial charge < -0.3 is 19.5 Å². The van der Waals surface area contributed by atoms with Gasteiger partial charge in [0.05, 0.1) is 19.3 Å². The van der Waals surface area contributed by atoms with Gasteiger partial charge in [0.1, 0.15) is 0 Å². The molecule has 6 heteroatoms. The molecule has 17 heavy (non-hydrogen) atoms. The number of hydrogen-bond donors (Lipinski definition) is 1. The van der Waals surface area contributed by atoms with Crippen molar-refractivity contribution in [3.8, 4) is 11.5 Å². The number of ether oxygens (including phenoxy) is 3. The van der Waals surface area contributed by atoms with Crippen LogP contribution in [0, 0.1) is 0 Å². The van der Waals surface area contributed by atoms with Gasteiger partial charge >= 0.3 is 0 Å². The fraction of sp³-hybridized carbons (Fsp3) is 0.455. The van der Waals surface area contributed by atoms with Crippen LogP contribution < -0.4 is 14.8 Å². The molecular formula is C11H13BrClNO3. The molecule has 1 N–H and O–H groups in total. The molecule has 2 aliphatic heterocycles. The summed E-state index contributed by atoms with van der Waals surface area (Å²) in [4.78, 5) is 0. The van der Waals surface area contributed by atoms with Crippen molar-refractivity contribution in [1.29, 1.82) is 0 Å². The Morgan fingerprint density at radius 3 is 2.71 bits per heavy atom.